The number of nitrogens with one attached hydrogen (secondary N) is 1. The van der Waals surface area contributed by atoms with Crippen molar-refractivity contribution < 1.29 is 14.3 Å². The second-order valence-corrected chi connectivity index (χ2v) is 6.01. The summed E-state index contributed by atoms with van der Waals surface area (Å²) >= 11 is 6.07. The van der Waals surface area contributed by atoms with E-state index in [2.05, 4.69) is 12.2 Å². The molecule has 22 heavy (non-hydrogen) atoms. The fourth-order valence-corrected chi connectivity index (χ4v) is 2.77. The molecule has 0 aromatic heterocycles. The second-order valence-electron chi connectivity index (χ2n) is 5.60. The van der Waals surface area contributed by atoms with E-state index < -0.39 is 0 Å². The fraction of sp³-hybridized carbons (Fsp3) is 0.562. The van der Waals surface area contributed by atoms with Gasteiger partial charge >= 0.3 is 0 Å². The van der Waals surface area contributed by atoms with Crippen molar-refractivity contribution in [1.82, 2.24) is 4.90 Å². The van der Waals surface area contributed by atoms with E-state index in [4.69, 9.17) is 21.1 Å². The molecule has 5 nitrogen and oxygen atoms in total. The van der Waals surface area contributed by atoms with Crippen molar-refractivity contribution in [1.29, 1.82) is 0 Å². The van der Waals surface area contributed by atoms with Crippen LogP contribution in [0.25, 0.3) is 0 Å². The lowest BCUT2D eigenvalue weighted by Gasteiger charge is -2.30. The van der Waals surface area contributed by atoms with Crippen LogP contribution in [0.2, 0.25) is 5.02 Å². The fourth-order valence-electron chi connectivity index (χ4n) is 2.54. The molecule has 0 atom stereocenters. The molecule has 0 spiro atoms. The van der Waals surface area contributed by atoms with Crippen LogP contribution in [0.4, 0.5) is 5.69 Å². The maximum atomic E-state index is 12.3. The molecule has 6 heteroatoms. The van der Waals surface area contributed by atoms with E-state index in [-0.39, 0.29) is 12.5 Å². The SMILES string of the molecule is COc1cc(NCC(=O)N2CCC(C)CC2)c(OC)cc1Cl. The highest BCUT2D eigenvalue weighted by molar-refractivity contribution is 6.32. The first kappa shape index (κ1) is 16.7. The van der Waals surface area contributed by atoms with Gasteiger partial charge in [-0.1, -0.05) is 18.5 Å². The minimum absolute atomic E-state index is 0.0999. The highest BCUT2D eigenvalue weighted by atomic mass is 35.5. The smallest absolute Gasteiger partial charge is 0.241 e. The van der Waals surface area contributed by atoms with Gasteiger partial charge in [0.1, 0.15) is 11.5 Å². The number of methoxy groups -OCH3 is 2. The number of hydrogen-bond donors (Lipinski definition) is 1. The van der Waals surface area contributed by atoms with E-state index in [1.807, 2.05) is 4.90 Å². The Morgan fingerprint density at radius 2 is 1.91 bits per heavy atom. The average Bonchev–Trinajstić information content (AvgIpc) is 2.53. The minimum atomic E-state index is 0.0999. The number of likely N-dealkylation sites (tertiary alicyclic amines) is 1. The molecule has 2 rings (SSSR count). The van der Waals surface area contributed by atoms with Gasteiger partial charge in [0.2, 0.25) is 5.91 Å². The third kappa shape index (κ3) is 3.97. The average molecular weight is 327 g/mol. The first-order valence-corrected chi connectivity index (χ1v) is 7.86. The zero-order valence-corrected chi connectivity index (χ0v) is 14.1. The Bertz CT molecular complexity index is 528. The Morgan fingerprint density at radius 1 is 1.27 bits per heavy atom. The number of nitrogens with zero attached hydrogens (tertiary/aromatic N) is 1. The van der Waals surface area contributed by atoms with Gasteiger partial charge in [0.15, 0.2) is 0 Å². The summed E-state index contributed by atoms with van der Waals surface area (Å²) < 4.78 is 10.5. The summed E-state index contributed by atoms with van der Waals surface area (Å²) in [5.41, 5.74) is 0.697. The van der Waals surface area contributed by atoms with Crippen LogP contribution in [0.5, 0.6) is 11.5 Å². The van der Waals surface area contributed by atoms with Gasteiger partial charge in [-0.2, -0.15) is 0 Å². The van der Waals surface area contributed by atoms with Crippen molar-refractivity contribution in [2.45, 2.75) is 19.8 Å². The van der Waals surface area contributed by atoms with Crippen LogP contribution in [-0.2, 0) is 4.79 Å². The van der Waals surface area contributed by atoms with E-state index in [1.165, 1.54) is 0 Å². The number of carbonyl (C=O) groups is 1. The van der Waals surface area contributed by atoms with Crippen molar-refractivity contribution >= 4 is 23.2 Å². The standard InChI is InChI=1S/C16H23ClN2O3/c1-11-4-6-19(7-5-11)16(20)10-18-13-9-14(21-2)12(17)8-15(13)22-3/h8-9,11,18H,4-7,10H2,1-3H3. The van der Waals surface area contributed by atoms with Crippen LogP contribution in [0.15, 0.2) is 12.1 Å². The molecule has 122 valence electrons. The van der Waals surface area contributed by atoms with Crippen LogP contribution in [0, 0.1) is 5.92 Å². The number of amides is 1. The molecule has 1 aliphatic heterocycles. The first-order chi connectivity index (χ1) is 10.5. The molecule has 0 radical (unpaired) electrons. The molecule has 1 heterocycles. The van der Waals surface area contributed by atoms with Crippen molar-refractivity contribution in [3.05, 3.63) is 17.2 Å². The molecule has 1 N–H and O–H groups in total. The highest BCUT2D eigenvalue weighted by Crippen LogP contribution is 2.35. The lowest BCUT2D eigenvalue weighted by Crippen LogP contribution is -2.40. The topological polar surface area (TPSA) is 50.8 Å². The van der Waals surface area contributed by atoms with Crippen LogP contribution < -0.4 is 14.8 Å². The van der Waals surface area contributed by atoms with Crippen LogP contribution >= 0.6 is 11.6 Å². The van der Waals surface area contributed by atoms with Gasteiger partial charge in [-0.3, -0.25) is 4.79 Å². The molecule has 0 saturated carbocycles. The number of anilines is 1. The molecule has 0 aliphatic carbocycles. The van der Waals surface area contributed by atoms with Gasteiger partial charge in [-0.25, -0.2) is 0 Å². The van der Waals surface area contributed by atoms with Gasteiger partial charge < -0.3 is 19.7 Å². The lowest BCUT2D eigenvalue weighted by molar-refractivity contribution is -0.130. The highest BCUT2D eigenvalue weighted by Gasteiger charge is 2.20. The Kier molecular flexibility index (Phi) is 5.77. The number of benzene rings is 1. The quantitative estimate of drug-likeness (QED) is 0.903. The third-order valence-electron chi connectivity index (χ3n) is 4.04. The number of carbonyl (C=O) groups excluding carboxylic acids is 1. The molecule has 1 aromatic rings. The third-order valence-corrected chi connectivity index (χ3v) is 4.34. The Balaban J connectivity index is 2.00. The normalized spacial score (nSPS) is 15.5. The van der Waals surface area contributed by atoms with E-state index in [0.717, 1.165) is 25.9 Å². The number of piperidine rings is 1. The maximum Gasteiger partial charge on any atom is 0.241 e. The summed E-state index contributed by atoms with van der Waals surface area (Å²) in [6.07, 6.45) is 2.15. The lowest BCUT2D eigenvalue weighted by atomic mass is 9.99. The zero-order valence-electron chi connectivity index (χ0n) is 13.3. The zero-order chi connectivity index (χ0) is 16.1. The Hall–Kier alpha value is -1.62. The van der Waals surface area contributed by atoms with Crippen molar-refractivity contribution in [3.63, 3.8) is 0 Å². The predicted molar refractivity (Wildman–Crippen MR) is 88.0 cm³/mol. The number of hydrogen-bond acceptors (Lipinski definition) is 4. The van der Waals surface area contributed by atoms with Crippen molar-refractivity contribution in [3.8, 4) is 11.5 Å². The van der Waals surface area contributed by atoms with Gasteiger partial charge in [0.05, 0.1) is 31.5 Å². The summed E-state index contributed by atoms with van der Waals surface area (Å²) in [4.78, 5) is 14.2. The molecule has 1 fully saturated rings. The Morgan fingerprint density at radius 3 is 2.50 bits per heavy atom. The summed E-state index contributed by atoms with van der Waals surface area (Å²) in [7, 11) is 3.12. The molecular weight excluding hydrogens is 304 g/mol. The van der Waals surface area contributed by atoms with Crippen LogP contribution in [-0.4, -0.2) is 44.7 Å². The van der Waals surface area contributed by atoms with Gasteiger partial charge in [-0.15, -0.1) is 0 Å². The van der Waals surface area contributed by atoms with E-state index in [1.54, 1.807) is 26.4 Å². The van der Waals surface area contributed by atoms with Gasteiger partial charge in [-0.05, 0) is 18.8 Å². The molecule has 1 aromatic carbocycles. The molecule has 0 bridgehead atoms. The van der Waals surface area contributed by atoms with E-state index >= 15 is 0 Å². The molecule has 0 unspecified atom stereocenters. The Labute approximate surface area is 136 Å². The van der Waals surface area contributed by atoms with Gasteiger partial charge in [0.25, 0.3) is 0 Å². The van der Waals surface area contributed by atoms with E-state index in [9.17, 15) is 4.79 Å². The predicted octanol–water partition coefficient (Wildman–Crippen LogP) is 3.03. The van der Waals surface area contributed by atoms with Crippen molar-refractivity contribution in [2.75, 3.05) is 39.2 Å². The maximum absolute atomic E-state index is 12.3. The largest absolute Gasteiger partial charge is 0.495 e. The second kappa shape index (κ2) is 7.58. The monoisotopic (exact) mass is 326 g/mol. The number of halogens is 1. The van der Waals surface area contributed by atoms with Crippen LogP contribution in [0.1, 0.15) is 19.8 Å². The minimum Gasteiger partial charge on any atom is -0.495 e. The summed E-state index contributed by atoms with van der Waals surface area (Å²) in [6.45, 7) is 4.13. The number of ether oxygens (including phenoxy) is 2. The molecular formula is C16H23ClN2O3. The van der Waals surface area contributed by atoms with Crippen LogP contribution in [0.3, 0.4) is 0 Å². The van der Waals surface area contributed by atoms with Crippen molar-refractivity contribution in [2.24, 2.45) is 5.92 Å². The summed E-state index contributed by atoms with van der Waals surface area (Å²) in [6, 6.07) is 3.42. The first-order valence-electron chi connectivity index (χ1n) is 7.48. The molecule has 1 aliphatic rings. The van der Waals surface area contributed by atoms with Gasteiger partial charge in [0, 0.05) is 25.2 Å². The van der Waals surface area contributed by atoms with E-state index in [0.29, 0.717) is 28.1 Å². The molecule has 1 saturated heterocycles. The summed E-state index contributed by atoms with van der Waals surface area (Å²) in [5.74, 6) is 1.94. The summed E-state index contributed by atoms with van der Waals surface area (Å²) in [5, 5.41) is 3.59. The number of rotatable bonds is 5. The molecule has 1 amide bonds.